The molecule has 7 heteroatoms. The van der Waals surface area contributed by atoms with Crippen molar-refractivity contribution in [3.8, 4) is 23.1 Å². The minimum atomic E-state index is 0.125. The highest BCUT2D eigenvalue weighted by Gasteiger charge is 2.22. The molecule has 0 radical (unpaired) electrons. The number of aryl methyl sites for hydroxylation is 2. The van der Waals surface area contributed by atoms with Crippen molar-refractivity contribution >= 4 is 22.7 Å². The third kappa shape index (κ3) is 4.03. The molecule has 0 saturated heterocycles. The van der Waals surface area contributed by atoms with Gasteiger partial charge in [0, 0.05) is 12.1 Å². The van der Waals surface area contributed by atoms with Gasteiger partial charge in [-0.3, -0.25) is 4.57 Å². The Hall–Kier alpha value is -4.39. The van der Waals surface area contributed by atoms with Crippen LogP contribution in [0.1, 0.15) is 16.7 Å². The normalized spacial score (nSPS) is 11.0. The highest BCUT2D eigenvalue weighted by Crippen LogP contribution is 2.35. The van der Waals surface area contributed by atoms with Crippen LogP contribution in [0.4, 0.5) is 11.6 Å². The van der Waals surface area contributed by atoms with Gasteiger partial charge in [0.25, 0.3) is 0 Å². The Morgan fingerprint density at radius 1 is 0.853 bits per heavy atom. The topological polar surface area (TPSA) is 90.9 Å². The Kier molecular flexibility index (Phi) is 5.59. The van der Waals surface area contributed by atoms with Crippen LogP contribution in [0.25, 0.3) is 28.2 Å². The maximum absolute atomic E-state index is 6.12. The summed E-state index contributed by atoms with van der Waals surface area (Å²) in [7, 11) is 1.58. The Bertz CT molecular complexity index is 1460. The molecule has 0 aliphatic rings. The summed E-state index contributed by atoms with van der Waals surface area (Å²) < 4.78 is 7.63. The van der Waals surface area contributed by atoms with E-state index in [0.29, 0.717) is 23.9 Å². The number of nitrogens with two attached hydrogens (primary N) is 1. The number of benzene rings is 3. The van der Waals surface area contributed by atoms with Crippen LogP contribution in [0.5, 0.6) is 5.88 Å². The lowest BCUT2D eigenvalue weighted by Gasteiger charge is -2.17. The van der Waals surface area contributed by atoms with E-state index in [1.807, 2.05) is 28.8 Å². The van der Waals surface area contributed by atoms with Gasteiger partial charge in [-0.15, -0.1) is 0 Å². The van der Waals surface area contributed by atoms with E-state index in [9.17, 15) is 0 Å². The first-order valence-electron chi connectivity index (χ1n) is 11.1. The van der Waals surface area contributed by atoms with Crippen molar-refractivity contribution in [3.63, 3.8) is 0 Å². The molecule has 34 heavy (non-hydrogen) atoms. The lowest BCUT2D eigenvalue weighted by atomic mass is 10.1. The molecule has 0 amide bonds. The maximum atomic E-state index is 6.12. The summed E-state index contributed by atoms with van der Waals surface area (Å²) in [6, 6.07) is 24.6. The maximum Gasteiger partial charge on any atom is 0.244 e. The molecule has 2 heterocycles. The summed E-state index contributed by atoms with van der Waals surface area (Å²) in [6.45, 7) is 4.71. The monoisotopic (exact) mass is 450 g/mol. The molecule has 170 valence electrons. The van der Waals surface area contributed by atoms with Crippen LogP contribution in [0.3, 0.4) is 0 Å². The molecule has 3 N–H and O–H groups in total. The summed E-state index contributed by atoms with van der Waals surface area (Å²) in [5.74, 6) is 1.85. The molecule has 0 aliphatic carbocycles. The molecule has 0 bridgehead atoms. The predicted octanol–water partition coefficient (Wildman–Crippen LogP) is 5.30. The summed E-state index contributed by atoms with van der Waals surface area (Å²) in [5, 5.41) is 3.48. The molecule has 0 unspecified atom stereocenters. The van der Waals surface area contributed by atoms with E-state index in [1.54, 1.807) is 7.11 Å². The highest BCUT2D eigenvalue weighted by molar-refractivity contribution is 5.85. The van der Waals surface area contributed by atoms with E-state index in [4.69, 9.17) is 15.5 Å². The lowest BCUT2D eigenvalue weighted by molar-refractivity contribution is 0.399. The highest BCUT2D eigenvalue weighted by atomic mass is 16.5. The number of anilines is 2. The first-order valence-corrected chi connectivity index (χ1v) is 11.1. The standard InChI is InChI=1S/C27H26N6O/c1-17-8-12-19(13-9-17)16-29-23-25(31-27(28)32-26(23)34-3)33-22-7-5-4-6-21(22)30-24(33)20-14-10-18(2)11-15-20/h4-15,29H,16H2,1-3H3,(H2,28,31,32). The Morgan fingerprint density at radius 3 is 2.24 bits per heavy atom. The van der Waals surface area contributed by atoms with Gasteiger partial charge in [0.2, 0.25) is 11.8 Å². The van der Waals surface area contributed by atoms with Gasteiger partial charge in [-0.25, -0.2) is 4.98 Å². The van der Waals surface area contributed by atoms with Crippen molar-refractivity contribution < 1.29 is 4.74 Å². The van der Waals surface area contributed by atoms with Crippen molar-refractivity contribution in [2.75, 3.05) is 18.2 Å². The predicted molar refractivity (Wildman–Crippen MR) is 136 cm³/mol. The fourth-order valence-corrected chi connectivity index (χ4v) is 3.94. The minimum Gasteiger partial charge on any atom is -0.479 e. The number of nitrogen functional groups attached to an aromatic ring is 1. The van der Waals surface area contributed by atoms with Gasteiger partial charge in [-0.05, 0) is 31.5 Å². The Morgan fingerprint density at radius 2 is 1.53 bits per heavy atom. The summed E-state index contributed by atoms with van der Waals surface area (Å²) in [5.41, 5.74) is 13.0. The van der Waals surface area contributed by atoms with Crippen molar-refractivity contribution in [2.24, 2.45) is 0 Å². The van der Waals surface area contributed by atoms with Gasteiger partial charge in [0.1, 0.15) is 11.5 Å². The number of hydrogen-bond acceptors (Lipinski definition) is 6. The van der Waals surface area contributed by atoms with Crippen molar-refractivity contribution in [3.05, 3.63) is 89.5 Å². The summed E-state index contributed by atoms with van der Waals surface area (Å²) in [6.07, 6.45) is 0. The van der Waals surface area contributed by atoms with E-state index in [-0.39, 0.29) is 5.95 Å². The first-order chi connectivity index (χ1) is 16.5. The van der Waals surface area contributed by atoms with Crippen molar-refractivity contribution in [2.45, 2.75) is 20.4 Å². The van der Waals surface area contributed by atoms with Crippen LogP contribution in [0, 0.1) is 13.8 Å². The van der Waals surface area contributed by atoms with Crippen LogP contribution in [0.15, 0.2) is 72.8 Å². The zero-order chi connectivity index (χ0) is 23.7. The molecule has 0 saturated carbocycles. The van der Waals surface area contributed by atoms with Gasteiger partial charge < -0.3 is 15.8 Å². The first kappa shape index (κ1) is 21.5. The number of hydrogen-bond donors (Lipinski definition) is 2. The van der Waals surface area contributed by atoms with Gasteiger partial charge >= 0.3 is 0 Å². The van der Waals surface area contributed by atoms with Gasteiger partial charge in [-0.1, -0.05) is 71.8 Å². The second-order valence-electron chi connectivity index (χ2n) is 8.25. The quantitative estimate of drug-likeness (QED) is 0.365. The molecule has 2 aromatic heterocycles. The number of nitrogens with zero attached hydrogens (tertiary/aromatic N) is 4. The molecule has 5 rings (SSSR count). The zero-order valence-electron chi connectivity index (χ0n) is 19.4. The van der Waals surface area contributed by atoms with Crippen LogP contribution in [-0.4, -0.2) is 26.6 Å². The average molecular weight is 451 g/mol. The fourth-order valence-electron chi connectivity index (χ4n) is 3.94. The van der Waals surface area contributed by atoms with Crippen LogP contribution >= 0.6 is 0 Å². The minimum absolute atomic E-state index is 0.125. The van der Waals surface area contributed by atoms with Crippen LogP contribution < -0.4 is 15.8 Å². The van der Waals surface area contributed by atoms with Crippen LogP contribution in [-0.2, 0) is 6.54 Å². The van der Waals surface area contributed by atoms with E-state index < -0.39 is 0 Å². The van der Waals surface area contributed by atoms with E-state index in [1.165, 1.54) is 11.1 Å². The molecule has 5 aromatic rings. The largest absolute Gasteiger partial charge is 0.479 e. The SMILES string of the molecule is COc1nc(N)nc(-n2c(-c3ccc(C)cc3)nc3ccccc32)c1NCc1ccc(C)cc1. The molecule has 0 atom stereocenters. The number of ether oxygens (including phenoxy) is 1. The molecular formula is C27H26N6O. The van der Waals surface area contributed by atoms with E-state index >= 15 is 0 Å². The average Bonchev–Trinajstić information content (AvgIpc) is 3.23. The van der Waals surface area contributed by atoms with E-state index in [0.717, 1.165) is 28.0 Å². The molecule has 3 aromatic carbocycles. The van der Waals surface area contributed by atoms with Crippen LogP contribution in [0.2, 0.25) is 0 Å². The van der Waals surface area contributed by atoms with Gasteiger partial charge in [-0.2, -0.15) is 9.97 Å². The Balaban J connectivity index is 1.71. The zero-order valence-corrected chi connectivity index (χ0v) is 19.4. The van der Waals surface area contributed by atoms with Gasteiger partial charge in [0.15, 0.2) is 5.82 Å². The number of para-hydroxylation sites is 2. The Labute approximate surface area is 198 Å². The molecule has 7 nitrogen and oxygen atoms in total. The van der Waals surface area contributed by atoms with Gasteiger partial charge in [0.05, 0.1) is 18.1 Å². The number of rotatable bonds is 6. The number of aromatic nitrogens is 4. The second kappa shape index (κ2) is 8.86. The van der Waals surface area contributed by atoms with Crippen molar-refractivity contribution in [1.29, 1.82) is 0 Å². The van der Waals surface area contributed by atoms with E-state index in [2.05, 4.69) is 77.7 Å². The summed E-state index contributed by atoms with van der Waals surface area (Å²) in [4.78, 5) is 13.9. The fraction of sp³-hybridized carbons (Fsp3) is 0.148. The number of imidazole rings is 1. The lowest BCUT2D eigenvalue weighted by Crippen LogP contribution is -2.12. The smallest absolute Gasteiger partial charge is 0.244 e. The third-order valence-corrected chi connectivity index (χ3v) is 5.74. The summed E-state index contributed by atoms with van der Waals surface area (Å²) >= 11 is 0. The number of fused-ring (bicyclic) bond motifs is 1. The molecule has 0 spiro atoms. The third-order valence-electron chi connectivity index (χ3n) is 5.74. The second-order valence-corrected chi connectivity index (χ2v) is 8.25. The molecule has 0 fully saturated rings. The molecule has 0 aliphatic heterocycles. The number of nitrogens with one attached hydrogen (secondary N) is 1. The molecular weight excluding hydrogens is 424 g/mol. The number of methoxy groups -OCH3 is 1. The van der Waals surface area contributed by atoms with Crippen molar-refractivity contribution in [1.82, 2.24) is 19.5 Å².